The Morgan fingerprint density at radius 3 is 2.03 bits per heavy atom. The van der Waals surface area contributed by atoms with Crippen LogP contribution in [0.25, 0.3) is 11.1 Å². The van der Waals surface area contributed by atoms with Crippen LogP contribution in [0.3, 0.4) is 0 Å². The van der Waals surface area contributed by atoms with Gasteiger partial charge in [-0.2, -0.15) is 0 Å². The third-order valence-corrected chi connectivity index (χ3v) is 5.81. The highest BCUT2D eigenvalue weighted by atomic mass is 32.2. The van der Waals surface area contributed by atoms with Crippen LogP contribution in [0.1, 0.15) is 10.4 Å². The molecule has 0 fully saturated rings. The van der Waals surface area contributed by atoms with Crippen molar-refractivity contribution in [3.05, 3.63) is 78.4 Å². The number of carbonyl (C=O) groups excluding carboxylic acids is 2. The fourth-order valence-corrected chi connectivity index (χ4v) is 4.38. The number of anilines is 3. The molecule has 0 radical (unpaired) electrons. The highest BCUT2D eigenvalue weighted by Crippen LogP contribution is 2.41. The number of urea groups is 1. The minimum absolute atomic E-state index is 0.242. The predicted octanol–water partition coefficient (Wildman–Crippen LogP) is 3.56. The summed E-state index contributed by atoms with van der Waals surface area (Å²) in [5, 5.41) is 7.84. The molecule has 166 valence electrons. The minimum atomic E-state index is -3.78. The van der Waals surface area contributed by atoms with Crippen LogP contribution in [0.5, 0.6) is 0 Å². The van der Waals surface area contributed by atoms with Gasteiger partial charge in [-0.05, 0) is 29.8 Å². The predicted molar refractivity (Wildman–Crippen MR) is 127 cm³/mol. The second-order valence-electron chi connectivity index (χ2n) is 6.89. The molecule has 0 aliphatic rings. The van der Waals surface area contributed by atoms with Gasteiger partial charge in [0.05, 0.1) is 23.3 Å². The number of nitrogens with zero attached hydrogens (tertiary/aromatic N) is 1. The molecule has 0 aromatic heterocycles. The van der Waals surface area contributed by atoms with Gasteiger partial charge >= 0.3 is 6.03 Å². The Balaban J connectivity index is 2.35. The van der Waals surface area contributed by atoms with Gasteiger partial charge in [0.2, 0.25) is 10.0 Å². The summed E-state index contributed by atoms with van der Waals surface area (Å²) >= 11 is 0. The normalized spacial score (nSPS) is 10.8. The molecule has 3 rings (SSSR count). The lowest BCUT2D eigenvalue weighted by Crippen LogP contribution is -2.29. The molecule has 3 aromatic carbocycles. The molecule has 0 saturated heterocycles. The molecule has 0 spiro atoms. The molecule has 0 saturated carbocycles. The molecule has 3 aromatic rings. The third kappa shape index (κ3) is 4.73. The first-order valence-corrected chi connectivity index (χ1v) is 11.6. The molecule has 3 amide bonds. The van der Waals surface area contributed by atoms with Crippen LogP contribution in [0.15, 0.2) is 72.8 Å². The molecule has 0 aliphatic carbocycles. The number of sulfonamides is 1. The Bertz CT molecular complexity index is 1240. The summed E-state index contributed by atoms with van der Waals surface area (Å²) in [5.41, 5.74) is 2.32. The van der Waals surface area contributed by atoms with Crippen LogP contribution in [-0.2, 0) is 10.0 Å². The van der Waals surface area contributed by atoms with Crippen LogP contribution in [-0.4, -0.2) is 40.7 Å². The van der Waals surface area contributed by atoms with E-state index in [4.69, 9.17) is 0 Å². The van der Waals surface area contributed by atoms with Gasteiger partial charge in [-0.15, -0.1) is 0 Å². The zero-order valence-corrected chi connectivity index (χ0v) is 18.7. The summed E-state index contributed by atoms with van der Waals surface area (Å²) in [6.45, 7) is 0. The zero-order chi connectivity index (χ0) is 23.3. The lowest BCUT2D eigenvalue weighted by Gasteiger charge is -2.27. The van der Waals surface area contributed by atoms with E-state index in [0.29, 0.717) is 22.4 Å². The Labute approximate surface area is 187 Å². The third-order valence-electron chi connectivity index (χ3n) is 4.74. The first kappa shape index (κ1) is 22.8. The maximum absolute atomic E-state index is 12.8. The van der Waals surface area contributed by atoms with Gasteiger partial charge < -0.3 is 16.0 Å². The standard InChI is InChI=1S/C23H24N4O4S/c1-24-22(28)19-13-8-7-12-17(19)18-14-9-15-20(21(18)26-23(29)25-2)27(32(3,30)31)16-10-5-4-6-11-16/h4-15H,1-3H3,(H,24,28)(H2,25,26,29). The van der Waals surface area contributed by atoms with E-state index in [-0.39, 0.29) is 17.3 Å². The summed E-state index contributed by atoms with van der Waals surface area (Å²) in [6, 6.07) is 19.9. The van der Waals surface area contributed by atoms with E-state index in [0.717, 1.165) is 10.6 Å². The van der Waals surface area contributed by atoms with Crippen molar-refractivity contribution in [2.75, 3.05) is 30.0 Å². The largest absolute Gasteiger partial charge is 0.355 e. The molecule has 32 heavy (non-hydrogen) atoms. The quantitative estimate of drug-likeness (QED) is 0.531. The lowest BCUT2D eigenvalue weighted by molar-refractivity contribution is 0.0963. The number of hydrogen-bond acceptors (Lipinski definition) is 4. The van der Waals surface area contributed by atoms with E-state index in [1.54, 1.807) is 72.8 Å². The van der Waals surface area contributed by atoms with Gasteiger partial charge in [-0.25, -0.2) is 17.5 Å². The van der Waals surface area contributed by atoms with E-state index < -0.39 is 16.1 Å². The van der Waals surface area contributed by atoms with Crippen LogP contribution in [0.4, 0.5) is 21.9 Å². The maximum atomic E-state index is 12.8. The zero-order valence-electron chi connectivity index (χ0n) is 17.9. The number of carbonyl (C=O) groups is 2. The minimum Gasteiger partial charge on any atom is -0.355 e. The average Bonchev–Trinajstić information content (AvgIpc) is 2.79. The van der Waals surface area contributed by atoms with Crippen molar-refractivity contribution in [2.24, 2.45) is 0 Å². The number of hydrogen-bond donors (Lipinski definition) is 3. The molecule has 0 bridgehead atoms. The average molecular weight is 453 g/mol. The first-order chi connectivity index (χ1) is 15.3. The van der Waals surface area contributed by atoms with E-state index in [1.165, 1.54) is 14.1 Å². The van der Waals surface area contributed by atoms with Crippen LogP contribution >= 0.6 is 0 Å². The molecular weight excluding hydrogens is 428 g/mol. The lowest BCUT2D eigenvalue weighted by atomic mass is 9.96. The second kappa shape index (κ2) is 9.52. The number of benzene rings is 3. The molecule has 8 nitrogen and oxygen atoms in total. The molecule has 0 atom stereocenters. The van der Waals surface area contributed by atoms with Crippen LogP contribution in [0.2, 0.25) is 0 Å². The van der Waals surface area contributed by atoms with Gasteiger partial charge in [0.1, 0.15) is 0 Å². The van der Waals surface area contributed by atoms with Gasteiger partial charge in [0.25, 0.3) is 5.91 Å². The number of para-hydroxylation sites is 2. The monoisotopic (exact) mass is 452 g/mol. The van der Waals surface area contributed by atoms with Crippen LogP contribution < -0.4 is 20.3 Å². The van der Waals surface area contributed by atoms with Crippen molar-refractivity contribution in [2.45, 2.75) is 0 Å². The van der Waals surface area contributed by atoms with Gasteiger partial charge in [0, 0.05) is 25.2 Å². The van der Waals surface area contributed by atoms with Crippen molar-refractivity contribution < 1.29 is 18.0 Å². The van der Waals surface area contributed by atoms with Gasteiger partial charge in [-0.3, -0.25) is 4.79 Å². The second-order valence-corrected chi connectivity index (χ2v) is 8.72. The first-order valence-electron chi connectivity index (χ1n) is 9.76. The molecule has 0 unspecified atom stereocenters. The molecule has 9 heteroatoms. The summed E-state index contributed by atoms with van der Waals surface area (Å²) in [4.78, 5) is 24.8. The van der Waals surface area contributed by atoms with Crippen molar-refractivity contribution in [1.82, 2.24) is 10.6 Å². The highest BCUT2D eigenvalue weighted by molar-refractivity contribution is 7.92. The molecular formula is C23H24N4O4S. The van der Waals surface area contributed by atoms with Crippen molar-refractivity contribution in [3.8, 4) is 11.1 Å². The van der Waals surface area contributed by atoms with Gasteiger partial charge in [0.15, 0.2) is 0 Å². The summed E-state index contributed by atoms with van der Waals surface area (Å²) < 4.78 is 26.8. The summed E-state index contributed by atoms with van der Waals surface area (Å²) in [5.74, 6) is -0.306. The summed E-state index contributed by atoms with van der Waals surface area (Å²) in [6.07, 6.45) is 1.09. The van der Waals surface area contributed by atoms with Crippen LogP contribution in [0, 0.1) is 0 Å². The number of rotatable bonds is 6. The SMILES string of the molecule is CNC(=O)Nc1c(-c2ccccc2C(=O)NC)cccc1N(c1ccccc1)S(C)(=O)=O. The topological polar surface area (TPSA) is 108 Å². The Morgan fingerprint density at radius 1 is 0.781 bits per heavy atom. The van der Waals surface area contributed by atoms with E-state index in [1.807, 2.05) is 0 Å². The molecule has 0 heterocycles. The fourth-order valence-electron chi connectivity index (χ4n) is 3.36. The number of nitrogens with one attached hydrogen (secondary N) is 3. The Kier molecular flexibility index (Phi) is 6.79. The number of amides is 3. The van der Waals surface area contributed by atoms with Crippen molar-refractivity contribution in [1.29, 1.82) is 0 Å². The Morgan fingerprint density at radius 2 is 1.41 bits per heavy atom. The fraction of sp³-hybridized carbons (Fsp3) is 0.130. The van der Waals surface area contributed by atoms with E-state index >= 15 is 0 Å². The van der Waals surface area contributed by atoms with E-state index in [9.17, 15) is 18.0 Å². The van der Waals surface area contributed by atoms with Crippen molar-refractivity contribution >= 4 is 39.0 Å². The smallest absolute Gasteiger partial charge is 0.319 e. The molecule has 0 aliphatic heterocycles. The van der Waals surface area contributed by atoms with Gasteiger partial charge in [-0.1, -0.05) is 48.5 Å². The molecule has 3 N–H and O–H groups in total. The highest BCUT2D eigenvalue weighted by Gasteiger charge is 2.26. The van der Waals surface area contributed by atoms with Crippen molar-refractivity contribution in [3.63, 3.8) is 0 Å². The van der Waals surface area contributed by atoms with E-state index in [2.05, 4.69) is 16.0 Å². The summed E-state index contributed by atoms with van der Waals surface area (Å²) in [7, 11) is -0.796. The maximum Gasteiger partial charge on any atom is 0.319 e. The Hall–Kier alpha value is -3.85.